The maximum absolute atomic E-state index is 13.0. The third-order valence-electron chi connectivity index (χ3n) is 7.48. The number of aryl methyl sites for hydroxylation is 2. The second kappa shape index (κ2) is 8.80. The maximum atomic E-state index is 13.0. The highest BCUT2D eigenvalue weighted by Crippen LogP contribution is 2.43. The summed E-state index contributed by atoms with van der Waals surface area (Å²) in [5, 5.41) is 9.06. The molecule has 4 heterocycles. The topological polar surface area (TPSA) is 63.1 Å². The predicted molar refractivity (Wildman–Crippen MR) is 134 cm³/mol. The molecule has 6 nitrogen and oxygen atoms in total. The van der Waals surface area contributed by atoms with Crippen molar-refractivity contribution in [3.05, 3.63) is 83.9 Å². The maximum Gasteiger partial charge on any atom is 0.317 e. The van der Waals surface area contributed by atoms with E-state index in [4.69, 9.17) is 5.10 Å². The molecule has 1 N–H and O–H groups in total. The van der Waals surface area contributed by atoms with Gasteiger partial charge in [0.05, 0.1) is 11.2 Å². The molecule has 1 saturated heterocycles. The van der Waals surface area contributed by atoms with Crippen molar-refractivity contribution in [2.75, 3.05) is 19.6 Å². The number of carbonyl (C=O) groups is 1. The molecular weight excluding hydrogens is 441 g/mol. The lowest BCUT2D eigenvalue weighted by molar-refractivity contribution is 0.205. The summed E-state index contributed by atoms with van der Waals surface area (Å²) in [4.78, 5) is 19.4. The normalized spacial score (nSPS) is 18.9. The number of likely N-dealkylation sites (tertiary alicyclic amines) is 1. The lowest BCUT2D eigenvalue weighted by Gasteiger charge is -2.23. The summed E-state index contributed by atoms with van der Waals surface area (Å²) < 4.78 is 15.2. The van der Waals surface area contributed by atoms with Crippen LogP contribution in [0.15, 0.2) is 66.9 Å². The van der Waals surface area contributed by atoms with Crippen LogP contribution in [-0.2, 0) is 18.4 Å². The van der Waals surface area contributed by atoms with Gasteiger partial charge >= 0.3 is 6.03 Å². The zero-order chi connectivity index (χ0) is 23.8. The van der Waals surface area contributed by atoms with E-state index in [2.05, 4.69) is 33.2 Å². The molecule has 1 unspecified atom stereocenters. The monoisotopic (exact) mass is 469 g/mol. The number of para-hydroxylation sites is 1. The van der Waals surface area contributed by atoms with Crippen molar-refractivity contribution < 1.29 is 9.18 Å². The fraction of sp³-hybridized carbons (Fsp3) is 0.321. The molecule has 0 aliphatic carbocycles. The van der Waals surface area contributed by atoms with Crippen molar-refractivity contribution in [1.82, 2.24) is 25.0 Å². The van der Waals surface area contributed by atoms with E-state index in [1.165, 1.54) is 17.8 Å². The number of hydrogen-bond donors (Lipinski definition) is 1. The minimum absolute atomic E-state index is 0.00195. The first kappa shape index (κ1) is 21.8. The molecule has 35 heavy (non-hydrogen) atoms. The highest BCUT2D eigenvalue weighted by molar-refractivity contribution is 5.82. The number of hydrogen-bond acceptors (Lipinski definition) is 3. The van der Waals surface area contributed by atoms with Crippen LogP contribution in [0.5, 0.6) is 0 Å². The standard InChI is InChI=1S/C28H28FN5O/c29-23-9-7-20(8-10-23)4-3-13-30-27(35)33-14-11-28(19-33)12-15-34-26(28)17-25(32-34)22-16-21-5-1-2-6-24(21)31-18-22/h1-2,5-10,16-18H,3-4,11-15,19H2,(H,30,35). The molecule has 6 rings (SSSR count). The van der Waals surface area contributed by atoms with Crippen LogP contribution in [0.25, 0.3) is 22.2 Å². The first-order valence-corrected chi connectivity index (χ1v) is 12.3. The van der Waals surface area contributed by atoms with Crippen molar-refractivity contribution in [3.63, 3.8) is 0 Å². The summed E-state index contributed by atoms with van der Waals surface area (Å²) in [6.07, 6.45) is 5.51. The Hall–Kier alpha value is -3.74. The van der Waals surface area contributed by atoms with Crippen molar-refractivity contribution in [2.24, 2.45) is 0 Å². The number of halogens is 1. The van der Waals surface area contributed by atoms with Crippen molar-refractivity contribution in [3.8, 4) is 11.3 Å². The van der Waals surface area contributed by atoms with Gasteiger partial charge in [-0.2, -0.15) is 5.10 Å². The highest BCUT2D eigenvalue weighted by atomic mass is 19.1. The summed E-state index contributed by atoms with van der Waals surface area (Å²) in [7, 11) is 0. The average molecular weight is 470 g/mol. The molecular formula is C28H28FN5O. The summed E-state index contributed by atoms with van der Waals surface area (Å²) in [5.74, 6) is -0.223. The number of nitrogens with one attached hydrogen (secondary N) is 1. The van der Waals surface area contributed by atoms with E-state index in [-0.39, 0.29) is 17.3 Å². The Kier molecular flexibility index (Phi) is 5.47. The molecule has 2 aliphatic heterocycles. The summed E-state index contributed by atoms with van der Waals surface area (Å²) in [6.45, 7) is 2.96. The molecule has 7 heteroatoms. The van der Waals surface area contributed by atoms with Gasteiger partial charge in [0, 0.05) is 54.4 Å². The van der Waals surface area contributed by atoms with Gasteiger partial charge in [0.2, 0.25) is 0 Å². The van der Waals surface area contributed by atoms with Gasteiger partial charge in [-0.3, -0.25) is 9.67 Å². The fourth-order valence-corrected chi connectivity index (χ4v) is 5.52. The Morgan fingerprint density at radius 1 is 1.06 bits per heavy atom. The number of amides is 2. The van der Waals surface area contributed by atoms with E-state index in [1.54, 1.807) is 12.1 Å². The van der Waals surface area contributed by atoms with Crippen LogP contribution in [0.1, 0.15) is 30.5 Å². The van der Waals surface area contributed by atoms with Crippen LogP contribution >= 0.6 is 0 Å². The molecule has 1 spiro atoms. The van der Waals surface area contributed by atoms with Crippen LogP contribution in [0.4, 0.5) is 9.18 Å². The van der Waals surface area contributed by atoms with Crippen LogP contribution in [0.3, 0.4) is 0 Å². The smallest absolute Gasteiger partial charge is 0.317 e. The van der Waals surface area contributed by atoms with Crippen LogP contribution in [-0.4, -0.2) is 45.3 Å². The number of nitrogens with zero attached hydrogens (tertiary/aromatic N) is 4. The number of urea groups is 1. The lowest BCUT2D eigenvalue weighted by atomic mass is 9.82. The molecule has 0 bridgehead atoms. The van der Waals surface area contributed by atoms with Gasteiger partial charge in [0.1, 0.15) is 5.82 Å². The molecule has 0 radical (unpaired) electrons. The summed E-state index contributed by atoms with van der Waals surface area (Å²) >= 11 is 0. The molecule has 2 amide bonds. The molecule has 2 aromatic carbocycles. The lowest BCUT2D eigenvalue weighted by Crippen LogP contribution is -2.40. The van der Waals surface area contributed by atoms with E-state index in [1.807, 2.05) is 29.3 Å². The van der Waals surface area contributed by atoms with E-state index < -0.39 is 0 Å². The van der Waals surface area contributed by atoms with Crippen molar-refractivity contribution >= 4 is 16.9 Å². The van der Waals surface area contributed by atoms with Crippen molar-refractivity contribution in [2.45, 2.75) is 37.6 Å². The zero-order valence-electron chi connectivity index (χ0n) is 19.6. The molecule has 0 saturated carbocycles. The molecule has 2 aliphatic rings. The SMILES string of the molecule is O=C(NCCCc1ccc(F)cc1)N1CCC2(CCn3nc(-c4cnc5ccccc5c4)cc32)C1. The third kappa shape index (κ3) is 4.16. The second-order valence-electron chi connectivity index (χ2n) is 9.72. The molecule has 4 aromatic rings. The Morgan fingerprint density at radius 3 is 2.77 bits per heavy atom. The van der Waals surface area contributed by atoms with Gasteiger partial charge in [-0.15, -0.1) is 0 Å². The third-order valence-corrected chi connectivity index (χ3v) is 7.48. The van der Waals surface area contributed by atoms with Gasteiger partial charge in [0.15, 0.2) is 0 Å². The van der Waals surface area contributed by atoms with E-state index >= 15 is 0 Å². The Morgan fingerprint density at radius 2 is 1.89 bits per heavy atom. The Balaban J connectivity index is 1.10. The molecule has 2 aromatic heterocycles. The minimum atomic E-state index is -0.223. The molecule has 1 atom stereocenters. The van der Waals surface area contributed by atoms with Crippen LogP contribution < -0.4 is 5.32 Å². The number of carbonyl (C=O) groups excluding carboxylic acids is 1. The largest absolute Gasteiger partial charge is 0.338 e. The van der Waals surface area contributed by atoms with E-state index in [0.29, 0.717) is 6.54 Å². The summed E-state index contributed by atoms with van der Waals surface area (Å²) in [5.41, 5.74) is 5.23. The number of pyridine rings is 1. The van der Waals surface area contributed by atoms with Gasteiger partial charge in [-0.1, -0.05) is 30.3 Å². The molecule has 178 valence electrons. The number of benzene rings is 2. The predicted octanol–water partition coefficient (Wildman–Crippen LogP) is 4.93. The van der Waals surface area contributed by atoms with Gasteiger partial charge in [-0.05, 0) is 61.6 Å². The quantitative estimate of drug-likeness (QED) is 0.422. The average Bonchev–Trinajstić information content (AvgIpc) is 3.59. The minimum Gasteiger partial charge on any atom is -0.338 e. The highest BCUT2D eigenvalue weighted by Gasteiger charge is 2.46. The number of rotatable bonds is 5. The molecule has 1 fully saturated rings. The Labute approximate surface area is 203 Å². The first-order chi connectivity index (χ1) is 17.1. The van der Waals surface area contributed by atoms with Gasteiger partial charge in [0.25, 0.3) is 0 Å². The van der Waals surface area contributed by atoms with Gasteiger partial charge in [-0.25, -0.2) is 9.18 Å². The zero-order valence-corrected chi connectivity index (χ0v) is 19.6. The fourth-order valence-electron chi connectivity index (χ4n) is 5.52. The van der Waals surface area contributed by atoms with Crippen LogP contribution in [0, 0.1) is 5.82 Å². The van der Waals surface area contributed by atoms with Crippen molar-refractivity contribution in [1.29, 1.82) is 0 Å². The number of aromatic nitrogens is 3. The van der Waals surface area contributed by atoms with E-state index in [0.717, 1.165) is 73.0 Å². The Bertz CT molecular complexity index is 1380. The first-order valence-electron chi connectivity index (χ1n) is 12.3. The summed E-state index contributed by atoms with van der Waals surface area (Å²) in [6, 6.07) is 19.0. The number of fused-ring (bicyclic) bond motifs is 3. The second-order valence-corrected chi connectivity index (χ2v) is 9.72. The van der Waals surface area contributed by atoms with Gasteiger partial charge < -0.3 is 10.2 Å². The van der Waals surface area contributed by atoms with E-state index in [9.17, 15) is 9.18 Å². The van der Waals surface area contributed by atoms with Crippen LogP contribution in [0.2, 0.25) is 0 Å².